The monoisotopic (exact) mass is 174 g/mol. The first-order valence-electron chi connectivity index (χ1n) is 4.12. The minimum atomic E-state index is -0.220. The molecule has 0 bridgehead atoms. The molecule has 1 unspecified atom stereocenters. The van der Waals surface area contributed by atoms with Crippen LogP contribution in [0, 0.1) is 24.1 Å². The quantitative estimate of drug-likeness (QED) is 0.604. The molecule has 0 fully saturated rings. The van der Waals surface area contributed by atoms with Crippen LogP contribution in [0.1, 0.15) is 12.5 Å². The van der Waals surface area contributed by atoms with Gasteiger partial charge in [-0.3, -0.25) is 0 Å². The van der Waals surface area contributed by atoms with Gasteiger partial charge in [-0.15, -0.1) is 6.42 Å². The summed E-state index contributed by atoms with van der Waals surface area (Å²) in [6, 6.07) is 6.30. The zero-order chi connectivity index (χ0) is 9.68. The fraction of sp³-hybridized carbons (Fsp3) is 0.167. The van der Waals surface area contributed by atoms with Crippen LogP contribution in [0.25, 0.3) is 6.08 Å². The maximum Gasteiger partial charge on any atom is 0.123 e. The third kappa shape index (κ3) is 3.13. The lowest BCUT2D eigenvalue weighted by molar-refractivity contribution is 0.628. The molecule has 0 N–H and O–H groups in total. The van der Waals surface area contributed by atoms with Crippen LogP contribution < -0.4 is 0 Å². The van der Waals surface area contributed by atoms with E-state index in [4.69, 9.17) is 6.42 Å². The van der Waals surface area contributed by atoms with E-state index in [0.717, 1.165) is 5.56 Å². The SMILES string of the molecule is C#CC(C)/C=C/c1ccc(F)cc1. The van der Waals surface area contributed by atoms with Crippen molar-refractivity contribution in [3.8, 4) is 12.3 Å². The molecule has 1 aromatic rings. The average molecular weight is 174 g/mol. The Balaban J connectivity index is 2.71. The Morgan fingerprint density at radius 3 is 2.54 bits per heavy atom. The highest BCUT2D eigenvalue weighted by Gasteiger charge is 1.90. The van der Waals surface area contributed by atoms with Crippen molar-refractivity contribution < 1.29 is 4.39 Å². The predicted octanol–water partition coefficient (Wildman–Crippen LogP) is 3.11. The van der Waals surface area contributed by atoms with Crippen LogP contribution in [0.4, 0.5) is 4.39 Å². The summed E-state index contributed by atoms with van der Waals surface area (Å²) < 4.78 is 12.5. The van der Waals surface area contributed by atoms with Crippen LogP contribution in [-0.2, 0) is 0 Å². The van der Waals surface area contributed by atoms with Crippen molar-refractivity contribution in [1.29, 1.82) is 0 Å². The Bertz CT molecular complexity index is 327. The van der Waals surface area contributed by atoms with Crippen molar-refractivity contribution in [2.45, 2.75) is 6.92 Å². The van der Waals surface area contributed by atoms with E-state index in [9.17, 15) is 4.39 Å². The van der Waals surface area contributed by atoms with Crippen LogP contribution in [0.3, 0.4) is 0 Å². The highest BCUT2D eigenvalue weighted by Crippen LogP contribution is 2.06. The van der Waals surface area contributed by atoms with E-state index in [1.807, 2.05) is 19.1 Å². The third-order valence-corrected chi connectivity index (χ3v) is 1.71. The van der Waals surface area contributed by atoms with Gasteiger partial charge in [-0.25, -0.2) is 4.39 Å². The highest BCUT2D eigenvalue weighted by molar-refractivity contribution is 5.49. The Morgan fingerprint density at radius 1 is 1.38 bits per heavy atom. The normalized spacial score (nSPS) is 12.7. The van der Waals surface area contributed by atoms with Crippen molar-refractivity contribution in [2.75, 3.05) is 0 Å². The van der Waals surface area contributed by atoms with Crippen LogP contribution >= 0.6 is 0 Å². The molecule has 1 heteroatoms. The van der Waals surface area contributed by atoms with Gasteiger partial charge < -0.3 is 0 Å². The number of terminal acetylenes is 1. The average Bonchev–Trinajstić information content (AvgIpc) is 2.16. The van der Waals surface area contributed by atoms with Gasteiger partial charge in [0, 0.05) is 5.92 Å². The van der Waals surface area contributed by atoms with Crippen molar-refractivity contribution in [2.24, 2.45) is 5.92 Å². The standard InChI is InChI=1S/C12H11F/c1-3-10(2)4-5-11-6-8-12(13)9-7-11/h1,4-10H,2H3/b5-4+. The lowest BCUT2D eigenvalue weighted by Crippen LogP contribution is -1.81. The van der Waals surface area contributed by atoms with Crippen molar-refractivity contribution >= 4 is 6.08 Å². The Hall–Kier alpha value is -1.55. The van der Waals surface area contributed by atoms with Crippen molar-refractivity contribution in [3.05, 3.63) is 41.7 Å². The second-order valence-corrected chi connectivity index (χ2v) is 2.87. The molecule has 1 aromatic carbocycles. The molecule has 1 rings (SSSR count). The molecule has 13 heavy (non-hydrogen) atoms. The first-order valence-corrected chi connectivity index (χ1v) is 4.12. The molecule has 0 saturated heterocycles. The minimum Gasteiger partial charge on any atom is -0.207 e. The van der Waals surface area contributed by atoms with Gasteiger partial charge in [-0.2, -0.15) is 0 Å². The number of hydrogen-bond donors (Lipinski definition) is 0. The van der Waals surface area contributed by atoms with E-state index in [2.05, 4.69) is 5.92 Å². The van der Waals surface area contributed by atoms with Crippen molar-refractivity contribution in [3.63, 3.8) is 0 Å². The van der Waals surface area contributed by atoms with E-state index < -0.39 is 0 Å². The van der Waals surface area contributed by atoms with Crippen LogP contribution in [-0.4, -0.2) is 0 Å². The van der Waals surface area contributed by atoms with Gasteiger partial charge in [0.05, 0.1) is 0 Å². The molecule has 0 radical (unpaired) electrons. The number of halogens is 1. The molecule has 0 heterocycles. The first kappa shape index (κ1) is 9.54. The van der Waals surface area contributed by atoms with Gasteiger partial charge in [-0.05, 0) is 24.6 Å². The summed E-state index contributed by atoms with van der Waals surface area (Å²) in [7, 11) is 0. The summed E-state index contributed by atoms with van der Waals surface area (Å²) in [4.78, 5) is 0. The molecule has 0 amide bonds. The maximum atomic E-state index is 12.5. The van der Waals surface area contributed by atoms with E-state index in [1.165, 1.54) is 12.1 Å². The zero-order valence-corrected chi connectivity index (χ0v) is 7.50. The van der Waals surface area contributed by atoms with Crippen LogP contribution in [0.5, 0.6) is 0 Å². The van der Waals surface area contributed by atoms with Crippen LogP contribution in [0.15, 0.2) is 30.3 Å². The van der Waals surface area contributed by atoms with Gasteiger partial charge in [-0.1, -0.05) is 30.2 Å². The van der Waals surface area contributed by atoms with Crippen molar-refractivity contribution in [1.82, 2.24) is 0 Å². The van der Waals surface area contributed by atoms with Gasteiger partial charge >= 0.3 is 0 Å². The second-order valence-electron chi connectivity index (χ2n) is 2.87. The van der Waals surface area contributed by atoms with Gasteiger partial charge in [0.1, 0.15) is 5.82 Å². The van der Waals surface area contributed by atoms with Crippen LogP contribution in [0.2, 0.25) is 0 Å². The second kappa shape index (κ2) is 4.47. The molecule has 66 valence electrons. The van der Waals surface area contributed by atoms with E-state index in [0.29, 0.717) is 0 Å². The molecule has 0 aliphatic carbocycles. The molecule has 0 saturated carbocycles. The summed E-state index contributed by atoms with van der Waals surface area (Å²) in [6.45, 7) is 1.93. The number of hydrogen-bond acceptors (Lipinski definition) is 0. The molecule has 0 spiro atoms. The molecule has 0 aromatic heterocycles. The summed E-state index contributed by atoms with van der Waals surface area (Å²) in [5.74, 6) is 2.48. The fourth-order valence-electron chi connectivity index (χ4n) is 0.885. The summed E-state index contributed by atoms with van der Waals surface area (Å²) in [5.41, 5.74) is 0.962. The highest BCUT2D eigenvalue weighted by atomic mass is 19.1. The largest absolute Gasteiger partial charge is 0.207 e. The molecular weight excluding hydrogens is 163 g/mol. The number of benzene rings is 1. The van der Waals surface area contributed by atoms with E-state index in [-0.39, 0.29) is 11.7 Å². The molecule has 0 aliphatic rings. The first-order chi connectivity index (χ1) is 6.22. The number of allylic oxidation sites excluding steroid dienone is 1. The van der Waals surface area contributed by atoms with Gasteiger partial charge in [0.15, 0.2) is 0 Å². The lowest BCUT2D eigenvalue weighted by atomic mass is 10.1. The Morgan fingerprint density at radius 2 is 2.00 bits per heavy atom. The smallest absolute Gasteiger partial charge is 0.123 e. The van der Waals surface area contributed by atoms with E-state index >= 15 is 0 Å². The number of rotatable bonds is 2. The minimum absolute atomic E-state index is 0.116. The topological polar surface area (TPSA) is 0 Å². The maximum absolute atomic E-state index is 12.5. The van der Waals surface area contributed by atoms with Gasteiger partial charge in [0.25, 0.3) is 0 Å². The Labute approximate surface area is 78.1 Å². The molecular formula is C12H11F. The van der Waals surface area contributed by atoms with E-state index in [1.54, 1.807) is 12.1 Å². The molecule has 0 nitrogen and oxygen atoms in total. The predicted molar refractivity (Wildman–Crippen MR) is 53.4 cm³/mol. The summed E-state index contributed by atoms with van der Waals surface area (Å²) in [6.07, 6.45) is 9.00. The molecule has 0 aliphatic heterocycles. The summed E-state index contributed by atoms with van der Waals surface area (Å²) >= 11 is 0. The summed E-state index contributed by atoms with van der Waals surface area (Å²) in [5, 5.41) is 0. The fourth-order valence-corrected chi connectivity index (χ4v) is 0.885. The van der Waals surface area contributed by atoms with Gasteiger partial charge in [0.2, 0.25) is 0 Å². The lowest BCUT2D eigenvalue weighted by Gasteiger charge is -1.94. The molecule has 1 atom stereocenters. The Kier molecular flexibility index (Phi) is 3.28. The third-order valence-electron chi connectivity index (χ3n) is 1.71. The zero-order valence-electron chi connectivity index (χ0n) is 7.50.